The Bertz CT molecular complexity index is 602. The monoisotopic (exact) mass is 278 g/mol. The lowest BCUT2D eigenvalue weighted by atomic mass is 10.1. The van der Waals surface area contributed by atoms with E-state index in [1.807, 2.05) is 13.8 Å². The Balaban J connectivity index is 2.07. The number of carbonyl (C=O) groups is 1. The van der Waals surface area contributed by atoms with Crippen LogP contribution < -0.4 is 11.1 Å². The van der Waals surface area contributed by atoms with Crippen molar-refractivity contribution < 1.29 is 4.79 Å². The van der Waals surface area contributed by atoms with Crippen molar-refractivity contribution in [3.63, 3.8) is 0 Å². The van der Waals surface area contributed by atoms with Gasteiger partial charge in [-0.05, 0) is 32.0 Å². The van der Waals surface area contributed by atoms with Gasteiger partial charge in [0, 0.05) is 23.4 Å². The topological polar surface area (TPSA) is 83.8 Å². The maximum absolute atomic E-state index is 12.0. The van der Waals surface area contributed by atoms with Crippen molar-refractivity contribution in [2.24, 2.45) is 0 Å². The van der Waals surface area contributed by atoms with Gasteiger partial charge in [-0.25, -0.2) is 0 Å². The second-order valence-corrected chi connectivity index (χ2v) is 4.74. The molecule has 0 fully saturated rings. The molecular formula is C13H15ClN4O. The lowest BCUT2D eigenvalue weighted by molar-refractivity contribution is 0.0951. The Morgan fingerprint density at radius 2 is 2.21 bits per heavy atom. The summed E-state index contributed by atoms with van der Waals surface area (Å²) < 4.78 is 0. The molecule has 0 aliphatic carbocycles. The van der Waals surface area contributed by atoms with Crippen LogP contribution in [0.4, 0.5) is 5.69 Å². The maximum atomic E-state index is 12.0. The minimum atomic E-state index is -0.191. The van der Waals surface area contributed by atoms with Crippen molar-refractivity contribution in [1.29, 1.82) is 0 Å². The molecule has 0 unspecified atom stereocenters. The van der Waals surface area contributed by atoms with Crippen molar-refractivity contribution in [3.05, 3.63) is 45.7 Å². The Morgan fingerprint density at radius 1 is 1.47 bits per heavy atom. The van der Waals surface area contributed by atoms with Gasteiger partial charge in [0.15, 0.2) is 0 Å². The summed E-state index contributed by atoms with van der Waals surface area (Å²) in [6, 6.07) is 4.82. The average Bonchev–Trinajstić information content (AvgIpc) is 2.69. The first-order valence-electron chi connectivity index (χ1n) is 5.82. The molecule has 5 nitrogen and oxygen atoms in total. The number of halogens is 1. The first kappa shape index (κ1) is 13.4. The lowest BCUT2D eigenvalue weighted by Crippen LogP contribution is -2.23. The molecule has 0 spiro atoms. The van der Waals surface area contributed by atoms with Gasteiger partial charge in [-0.1, -0.05) is 11.6 Å². The van der Waals surface area contributed by atoms with Crippen molar-refractivity contribution in [3.8, 4) is 0 Å². The largest absolute Gasteiger partial charge is 0.398 e. The highest BCUT2D eigenvalue weighted by molar-refractivity contribution is 6.33. The molecule has 0 aliphatic heterocycles. The highest BCUT2D eigenvalue weighted by atomic mass is 35.5. The molecule has 0 aliphatic rings. The first-order valence-corrected chi connectivity index (χ1v) is 6.20. The fraction of sp³-hybridized carbons (Fsp3) is 0.231. The number of hydrogen-bond donors (Lipinski definition) is 3. The van der Waals surface area contributed by atoms with Crippen LogP contribution in [0, 0.1) is 13.8 Å². The summed E-state index contributed by atoms with van der Waals surface area (Å²) >= 11 is 5.82. The molecule has 6 heteroatoms. The molecule has 0 bridgehead atoms. The summed E-state index contributed by atoms with van der Waals surface area (Å²) in [6.45, 7) is 4.24. The second kappa shape index (κ2) is 5.32. The average molecular weight is 279 g/mol. The van der Waals surface area contributed by atoms with E-state index in [2.05, 4.69) is 15.5 Å². The van der Waals surface area contributed by atoms with Crippen LogP contribution in [0.2, 0.25) is 5.02 Å². The Kier molecular flexibility index (Phi) is 3.76. The quantitative estimate of drug-likeness (QED) is 0.753. The highest BCUT2D eigenvalue weighted by Gasteiger charge is 2.10. The van der Waals surface area contributed by atoms with Gasteiger partial charge < -0.3 is 11.1 Å². The van der Waals surface area contributed by atoms with Crippen LogP contribution in [0.15, 0.2) is 18.2 Å². The molecule has 4 N–H and O–H groups in total. The zero-order valence-electron chi connectivity index (χ0n) is 10.7. The second-order valence-electron chi connectivity index (χ2n) is 4.33. The van der Waals surface area contributed by atoms with Crippen LogP contribution in [0.1, 0.15) is 27.3 Å². The van der Waals surface area contributed by atoms with E-state index in [4.69, 9.17) is 17.3 Å². The van der Waals surface area contributed by atoms with Crippen LogP contribution in [-0.2, 0) is 6.54 Å². The van der Waals surface area contributed by atoms with E-state index in [0.29, 0.717) is 22.8 Å². The van der Waals surface area contributed by atoms with Gasteiger partial charge in [0.05, 0.1) is 16.4 Å². The summed E-state index contributed by atoms with van der Waals surface area (Å²) in [7, 11) is 0. The van der Waals surface area contributed by atoms with E-state index in [1.54, 1.807) is 18.2 Å². The number of nitrogen functional groups attached to an aromatic ring is 1. The molecule has 19 heavy (non-hydrogen) atoms. The normalized spacial score (nSPS) is 10.5. The van der Waals surface area contributed by atoms with Gasteiger partial charge in [0.25, 0.3) is 5.91 Å². The first-order chi connectivity index (χ1) is 8.99. The molecule has 0 atom stereocenters. The van der Waals surface area contributed by atoms with Crippen molar-refractivity contribution in [1.82, 2.24) is 15.5 Å². The number of amides is 1. The summed E-state index contributed by atoms with van der Waals surface area (Å²) in [5, 5.41) is 10.2. The van der Waals surface area contributed by atoms with E-state index in [9.17, 15) is 4.79 Å². The molecule has 2 aromatic rings. The molecule has 1 aromatic heterocycles. The number of hydrogen-bond acceptors (Lipinski definition) is 3. The third kappa shape index (κ3) is 2.88. The number of carbonyl (C=O) groups excluding carboxylic acids is 1. The zero-order chi connectivity index (χ0) is 14.0. The van der Waals surface area contributed by atoms with E-state index in [-0.39, 0.29) is 5.91 Å². The fourth-order valence-corrected chi connectivity index (χ4v) is 1.91. The lowest BCUT2D eigenvalue weighted by Gasteiger charge is -2.07. The summed E-state index contributed by atoms with van der Waals surface area (Å²) in [4.78, 5) is 12.0. The van der Waals surface area contributed by atoms with Gasteiger partial charge in [0.2, 0.25) is 0 Å². The van der Waals surface area contributed by atoms with Crippen molar-refractivity contribution >= 4 is 23.2 Å². The minimum absolute atomic E-state index is 0.191. The summed E-state index contributed by atoms with van der Waals surface area (Å²) in [5.41, 5.74) is 9.38. The van der Waals surface area contributed by atoms with Crippen LogP contribution in [-0.4, -0.2) is 16.1 Å². The number of aryl methyl sites for hydroxylation is 2. The number of aromatic amines is 1. The van der Waals surface area contributed by atoms with Crippen LogP contribution in [0.3, 0.4) is 0 Å². The molecular weight excluding hydrogens is 264 g/mol. The number of H-pyrrole nitrogens is 1. The van der Waals surface area contributed by atoms with E-state index in [1.165, 1.54) is 0 Å². The fourth-order valence-electron chi connectivity index (χ4n) is 1.79. The Labute approximate surface area is 116 Å². The van der Waals surface area contributed by atoms with Crippen molar-refractivity contribution in [2.45, 2.75) is 20.4 Å². The molecule has 0 saturated heterocycles. The smallest absolute Gasteiger partial charge is 0.251 e. The van der Waals surface area contributed by atoms with Crippen LogP contribution in [0.5, 0.6) is 0 Å². The third-order valence-corrected chi connectivity index (χ3v) is 3.31. The van der Waals surface area contributed by atoms with Gasteiger partial charge in [-0.15, -0.1) is 0 Å². The molecule has 1 aromatic carbocycles. The number of anilines is 1. The highest BCUT2D eigenvalue weighted by Crippen LogP contribution is 2.19. The van der Waals surface area contributed by atoms with Gasteiger partial charge in [-0.2, -0.15) is 5.10 Å². The standard InChI is InChI=1S/C13H15ClN4O/c1-7-10(8(2)18-17-7)6-16-13(19)9-3-4-11(14)12(15)5-9/h3-5H,6,15H2,1-2H3,(H,16,19)(H,17,18). The van der Waals surface area contributed by atoms with Crippen molar-refractivity contribution in [2.75, 3.05) is 5.73 Å². The molecule has 1 heterocycles. The van der Waals surface area contributed by atoms with E-state index < -0.39 is 0 Å². The van der Waals surface area contributed by atoms with Crippen LogP contribution >= 0.6 is 11.6 Å². The summed E-state index contributed by atoms with van der Waals surface area (Å²) in [6.07, 6.45) is 0. The third-order valence-electron chi connectivity index (χ3n) is 2.96. The molecule has 2 rings (SSSR count). The maximum Gasteiger partial charge on any atom is 0.251 e. The number of rotatable bonds is 3. The molecule has 0 radical (unpaired) electrons. The molecule has 0 saturated carbocycles. The zero-order valence-corrected chi connectivity index (χ0v) is 11.5. The van der Waals surface area contributed by atoms with Crippen LogP contribution in [0.25, 0.3) is 0 Å². The number of benzene rings is 1. The number of aromatic nitrogens is 2. The Morgan fingerprint density at radius 3 is 2.79 bits per heavy atom. The van der Waals surface area contributed by atoms with Gasteiger partial charge in [-0.3, -0.25) is 9.89 Å². The Hall–Kier alpha value is -2.01. The minimum Gasteiger partial charge on any atom is -0.398 e. The predicted molar refractivity (Wildman–Crippen MR) is 75.1 cm³/mol. The molecule has 100 valence electrons. The number of nitrogens with one attached hydrogen (secondary N) is 2. The number of nitrogens with two attached hydrogens (primary N) is 1. The SMILES string of the molecule is Cc1n[nH]c(C)c1CNC(=O)c1ccc(Cl)c(N)c1. The predicted octanol–water partition coefficient (Wildman–Crippen LogP) is 2.19. The van der Waals surface area contributed by atoms with E-state index in [0.717, 1.165) is 17.0 Å². The number of nitrogens with zero attached hydrogens (tertiary/aromatic N) is 1. The van der Waals surface area contributed by atoms with Gasteiger partial charge >= 0.3 is 0 Å². The van der Waals surface area contributed by atoms with E-state index >= 15 is 0 Å². The van der Waals surface area contributed by atoms with Gasteiger partial charge in [0.1, 0.15) is 0 Å². The summed E-state index contributed by atoms with van der Waals surface area (Å²) in [5.74, 6) is -0.191. The molecule has 1 amide bonds.